The van der Waals surface area contributed by atoms with E-state index in [9.17, 15) is 9.59 Å². The maximum Gasteiger partial charge on any atom is 0.311 e. The molecular formula is C21H19NO7. The molecule has 1 atom stereocenters. The molecule has 1 N–H and O–H groups in total. The highest BCUT2D eigenvalue weighted by atomic mass is 16.7. The standard InChI is InChI=1S/C21H19NO7/c1-12(21(24)22-14-3-6-17-19(8-14)28-11-27-17)29-20(23)7-13-10-26-18-9-15(25-2)4-5-16(13)18/h3-6,8-10,12H,7,11H2,1-2H3,(H,22,24)/t12-/m0/s1. The van der Waals surface area contributed by atoms with E-state index in [1.807, 2.05) is 6.07 Å². The van der Waals surface area contributed by atoms with E-state index < -0.39 is 18.0 Å². The fourth-order valence-electron chi connectivity index (χ4n) is 2.99. The van der Waals surface area contributed by atoms with Gasteiger partial charge in [-0.3, -0.25) is 9.59 Å². The Hall–Kier alpha value is -3.68. The number of hydrogen-bond acceptors (Lipinski definition) is 7. The lowest BCUT2D eigenvalue weighted by Crippen LogP contribution is -2.30. The Balaban J connectivity index is 1.36. The van der Waals surface area contributed by atoms with E-state index in [0.717, 1.165) is 5.39 Å². The first-order chi connectivity index (χ1) is 14.0. The minimum atomic E-state index is -0.966. The van der Waals surface area contributed by atoms with Crippen LogP contribution in [0.3, 0.4) is 0 Å². The zero-order valence-electron chi connectivity index (χ0n) is 15.9. The molecule has 8 nitrogen and oxygen atoms in total. The molecule has 0 spiro atoms. The SMILES string of the molecule is COc1ccc2c(CC(=O)O[C@@H](C)C(=O)Nc3ccc4c(c3)OCO4)coc2c1. The van der Waals surface area contributed by atoms with E-state index in [0.29, 0.717) is 34.1 Å². The number of ether oxygens (including phenoxy) is 4. The number of furan rings is 1. The van der Waals surface area contributed by atoms with E-state index in [1.54, 1.807) is 37.4 Å². The predicted octanol–water partition coefficient (Wildman–Crippen LogP) is 3.28. The van der Waals surface area contributed by atoms with Crippen LogP contribution >= 0.6 is 0 Å². The number of carbonyl (C=O) groups is 2. The zero-order valence-corrected chi connectivity index (χ0v) is 15.9. The van der Waals surface area contributed by atoms with Crippen molar-refractivity contribution in [3.63, 3.8) is 0 Å². The molecule has 2 heterocycles. The summed E-state index contributed by atoms with van der Waals surface area (Å²) in [6.45, 7) is 1.66. The number of carbonyl (C=O) groups excluding carboxylic acids is 2. The number of hydrogen-bond donors (Lipinski definition) is 1. The molecule has 4 rings (SSSR count). The molecular weight excluding hydrogens is 378 g/mol. The Morgan fingerprint density at radius 1 is 1.14 bits per heavy atom. The van der Waals surface area contributed by atoms with E-state index >= 15 is 0 Å². The number of fused-ring (bicyclic) bond motifs is 2. The fourth-order valence-corrected chi connectivity index (χ4v) is 2.99. The lowest BCUT2D eigenvalue weighted by atomic mass is 10.1. The van der Waals surface area contributed by atoms with Crippen molar-refractivity contribution < 1.29 is 33.0 Å². The van der Waals surface area contributed by atoms with E-state index in [-0.39, 0.29) is 13.2 Å². The summed E-state index contributed by atoms with van der Waals surface area (Å²) in [5, 5.41) is 3.49. The van der Waals surface area contributed by atoms with Gasteiger partial charge in [0.25, 0.3) is 5.91 Å². The van der Waals surface area contributed by atoms with Crippen LogP contribution in [-0.2, 0) is 20.7 Å². The van der Waals surface area contributed by atoms with Crippen molar-refractivity contribution in [3.8, 4) is 17.2 Å². The van der Waals surface area contributed by atoms with Gasteiger partial charge in [0.2, 0.25) is 6.79 Å². The number of rotatable bonds is 6. The van der Waals surface area contributed by atoms with Crippen molar-refractivity contribution >= 4 is 28.5 Å². The quantitative estimate of drug-likeness (QED) is 0.638. The summed E-state index contributed by atoms with van der Waals surface area (Å²) in [7, 11) is 1.57. The van der Waals surface area contributed by atoms with Crippen molar-refractivity contribution in [2.45, 2.75) is 19.4 Å². The molecule has 1 aliphatic heterocycles. The second kappa shape index (κ2) is 7.75. The highest BCUT2D eigenvalue weighted by Crippen LogP contribution is 2.34. The summed E-state index contributed by atoms with van der Waals surface area (Å²) in [6, 6.07) is 10.4. The first kappa shape index (κ1) is 18.7. The van der Waals surface area contributed by atoms with Crippen molar-refractivity contribution in [2.24, 2.45) is 0 Å². The molecule has 0 bridgehead atoms. The van der Waals surface area contributed by atoms with E-state index in [4.69, 9.17) is 23.4 Å². The van der Waals surface area contributed by atoms with Crippen molar-refractivity contribution in [1.82, 2.24) is 0 Å². The molecule has 150 valence electrons. The van der Waals surface area contributed by atoms with E-state index in [1.165, 1.54) is 13.2 Å². The molecule has 0 saturated carbocycles. The fraction of sp³-hybridized carbons (Fsp3) is 0.238. The Labute approximate surface area is 166 Å². The third kappa shape index (κ3) is 3.96. The molecule has 29 heavy (non-hydrogen) atoms. The van der Waals surface area contributed by atoms with Gasteiger partial charge in [0.15, 0.2) is 17.6 Å². The first-order valence-electron chi connectivity index (χ1n) is 8.97. The van der Waals surface area contributed by atoms with Gasteiger partial charge in [0.05, 0.1) is 19.8 Å². The number of amides is 1. The van der Waals surface area contributed by atoms with Gasteiger partial charge in [-0.15, -0.1) is 0 Å². The van der Waals surface area contributed by atoms with Crippen LogP contribution in [0.25, 0.3) is 11.0 Å². The van der Waals surface area contributed by atoms with Crippen LogP contribution in [0.4, 0.5) is 5.69 Å². The molecule has 1 aromatic heterocycles. The average molecular weight is 397 g/mol. The molecule has 1 amide bonds. The molecule has 0 radical (unpaired) electrons. The van der Waals surface area contributed by atoms with Crippen molar-refractivity contribution in [3.05, 3.63) is 48.2 Å². The molecule has 0 fully saturated rings. The largest absolute Gasteiger partial charge is 0.497 e. The van der Waals surface area contributed by atoms with Crippen LogP contribution in [-0.4, -0.2) is 31.9 Å². The van der Waals surface area contributed by atoms with Gasteiger partial charge in [0, 0.05) is 28.8 Å². The van der Waals surface area contributed by atoms with Gasteiger partial charge in [0.1, 0.15) is 11.3 Å². The molecule has 0 saturated heterocycles. The zero-order chi connectivity index (χ0) is 20.4. The normalized spacial score (nSPS) is 13.2. The number of benzene rings is 2. The number of methoxy groups -OCH3 is 1. The molecule has 1 aliphatic rings. The average Bonchev–Trinajstić information content (AvgIpc) is 3.34. The highest BCUT2D eigenvalue weighted by Gasteiger charge is 2.21. The van der Waals surface area contributed by atoms with Gasteiger partial charge in [-0.25, -0.2) is 0 Å². The molecule has 0 unspecified atom stereocenters. The smallest absolute Gasteiger partial charge is 0.311 e. The summed E-state index contributed by atoms with van der Waals surface area (Å²) < 4.78 is 26.4. The Kier molecular flexibility index (Phi) is 4.99. The Bertz CT molecular complexity index is 1070. The minimum Gasteiger partial charge on any atom is -0.497 e. The van der Waals surface area contributed by atoms with Crippen LogP contribution in [0, 0.1) is 0 Å². The van der Waals surface area contributed by atoms with Gasteiger partial charge < -0.3 is 28.7 Å². The van der Waals surface area contributed by atoms with Crippen LogP contribution in [0.2, 0.25) is 0 Å². The lowest BCUT2D eigenvalue weighted by Gasteiger charge is -2.13. The summed E-state index contributed by atoms with van der Waals surface area (Å²) in [5.41, 5.74) is 1.81. The van der Waals surface area contributed by atoms with Crippen molar-refractivity contribution in [2.75, 3.05) is 19.2 Å². The van der Waals surface area contributed by atoms with Gasteiger partial charge in [-0.2, -0.15) is 0 Å². The third-order valence-corrected chi connectivity index (χ3v) is 4.52. The maximum atomic E-state index is 12.3. The summed E-state index contributed by atoms with van der Waals surface area (Å²) in [6.07, 6.45) is 0.523. The van der Waals surface area contributed by atoms with E-state index in [2.05, 4.69) is 5.32 Å². The predicted molar refractivity (Wildman–Crippen MR) is 103 cm³/mol. The molecule has 3 aromatic rings. The second-order valence-electron chi connectivity index (χ2n) is 6.49. The molecule has 8 heteroatoms. The third-order valence-electron chi connectivity index (χ3n) is 4.52. The lowest BCUT2D eigenvalue weighted by molar-refractivity contribution is -0.152. The second-order valence-corrected chi connectivity index (χ2v) is 6.49. The maximum absolute atomic E-state index is 12.3. The Morgan fingerprint density at radius 2 is 1.97 bits per heavy atom. The van der Waals surface area contributed by atoms with Crippen LogP contribution in [0.5, 0.6) is 17.2 Å². The topological polar surface area (TPSA) is 96.2 Å². The van der Waals surface area contributed by atoms with Crippen LogP contribution in [0.15, 0.2) is 47.1 Å². The molecule has 0 aliphatic carbocycles. The molecule has 2 aromatic carbocycles. The van der Waals surface area contributed by atoms with Gasteiger partial charge in [-0.1, -0.05) is 0 Å². The summed E-state index contributed by atoms with van der Waals surface area (Å²) >= 11 is 0. The highest BCUT2D eigenvalue weighted by molar-refractivity contribution is 5.95. The number of esters is 1. The number of nitrogens with one attached hydrogen (secondary N) is 1. The number of anilines is 1. The monoisotopic (exact) mass is 397 g/mol. The first-order valence-corrected chi connectivity index (χ1v) is 8.97. The van der Waals surface area contributed by atoms with Crippen molar-refractivity contribution in [1.29, 1.82) is 0 Å². The van der Waals surface area contributed by atoms with Gasteiger partial charge >= 0.3 is 5.97 Å². The van der Waals surface area contributed by atoms with Crippen LogP contribution < -0.4 is 19.5 Å². The van der Waals surface area contributed by atoms with Gasteiger partial charge in [-0.05, 0) is 31.2 Å². The summed E-state index contributed by atoms with van der Waals surface area (Å²) in [5.74, 6) is 0.856. The minimum absolute atomic E-state index is 0.0129. The summed E-state index contributed by atoms with van der Waals surface area (Å²) in [4.78, 5) is 24.6. The van der Waals surface area contributed by atoms with Crippen LogP contribution in [0.1, 0.15) is 12.5 Å². The Morgan fingerprint density at radius 3 is 2.79 bits per heavy atom.